The van der Waals surface area contributed by atoms with Crippen LogP contribution in [0.25, 0.3) is 0 Å². The number of carbonyl (C=O) groups excluding carboxylic acids is 1. The van der Waals surface area contributed by atoms with E-state index >= 15 is 0 Å². The van der Waals surface area contributed by atoms with Crippen LogP contribution in [0.5, 0.6) is 5.75 Å². The SMILES string of the molecule is Cc1[nH]nc(C(=O)NC[C@H](C)Oc2ccc(F)cc2)c1[N+](=O)[O-]. The molecule has 1 amide bonds. The summed E-state index contributed by atoms with van der Waals surface area (Å²) in [6.45, 7) is 3.27. The molecule has 0 saturated heterocycles. The van der Waals surface area contributed by atoms with Gasteiger partial charge in [0.05, 0.1) is 11.5 Å². The van der Waals surface area contributed by atoms with Crippen molar-refractivity contribution in [1.82, 2.24) is 15.5 Å². The van der Waals surface area contributed by atoms with Gasteiger partial charge in [0.15, 0.2) is 0 Å². The molecule has 1 atom stereocenters. The summed E-state index contributed by atoms with van der Waals surface area (Å²) in [4.78, 5) is 22.2. The Morgan fingerprint density at radius 1 is 1.48 bits per heavy atom. The number of hydrogen-bond donors (Lipinski definition) is 2. The first-order chi connectivity index (χ1) is 10.9. The number of rotatable bonds is 6. The van der Waals surface area contributed by atoms with Gasteiger partial charge in [0.2, 0.25) is 5.69 Å². The van der Waals surface area contributed by atoms with Crippen molar-refractivity contribution in [3.05, 3.63) is 51.6 Å². The highest BCUT2D eigenvalue weighted by atomic mass is 19.1. The molecule has 0 saturated carbocycles. The Labute approximate surface area is 130 Å². The van der Waals surface area contributed by atoms with Crippen LogP contribution in [0.2, 0.25) is 0 Å². The third-order valence-corrected chi connectivity index (χ3v) is 3.01. The second kappa shape index (κ2) is 6.86. The van der Waals surface area contributed by atoms with Gasteiger partial charge in [-0.2, -0.15) is 5.10 Å². The molecular weight excluding hydrogens is 307 g/mol. The van der Waals surface area contributed by atoms with Gasteiger partial charge in [0.25, 0.3) is 5.91 Å². The third kappa shape index (κ3) is 4.02. The first kappa shape index (κ1) is 16.4. The number of hydrogen-bond acceptors (Lipinski definition) is 5. The first-order valence-corrected chi connectivity index (χ1v) is 6.78. The number of ether oxygens (including phenoxy) is 1. The number of benzene rings is 1. The van der Waals surface area contributed by atoms with E-state index < -0.39 is 16.9 Å². The van der Waals surface area contributed by atoms with E-state index in [1.165, 1.54) is 31.2 Å². The van der Waals surface area contributed by atoms with Crippen LogP contribution in [0.1, 0.15) is 23.1 Å². The molecule has 2 aromatic rings. The monoisotopic (exact) mass is 322 g/mol. The van der Waals surface area contributed by atoms with Crippen LogP contribution in [0.15, 0.2) is 24.3 Å². The maximum Gasteiger partial charge on any atom is 0.322 e. The predicted molar refractivity (Wildman–Crippen MR) is 78.8 cm³/mol. The predicted octanol–water partition coefficient (Wildman–Crippen LogP) is 1.96. The zero-order valence-electron chi connectivity index (χ0n) is 12.5. The number of carbonyl (C=O) groups is 1. The molecule has 0 unspecified atom stereocenters. The number of aromatic amines is 1. The Kier molecular flexibility index (Phi) is 4.89. The van der Waals surface area contributed by atoms with Crippen molar-refractivity contribution in [3.8, 4) is 5.75 Å². The normalized spacial score (nSPS) is 11.8. The van der Waals surface area contributed by atoms with Crippen LogP contribution in [0.4, 0.5) is 10.1 Å². The molecule has 0 spiro atoms. The minimum Gasteiger partial charge on any atom is -0.489 e. The van der Waals surface area contributed by atoms with E-state index in [0.29, 0.717) is 5.75 Å². The molecule has 9 heteroatoms. The van der Waals surface area contributed by atoms with Crippen molar-refractivity contribution in [3.63, 3.8) is 0 Å². The molecule has 1 aromatic carbocycles. The molecule has 0 radical (unpaired) electrons. The molecule has 1 heterocycles. The van der Waals surface area contributed by atoms with E-state index in [2.05, 4.69) is 15.5 Å². The van der Waals surface area contributed by atoms with E-state index in [9.17, 15) is 19.3 Å². The number of halogens is 1. The lowest BCUT2D eigenvalue weighted by Gasteiger charge is -2.15. The summed E-state index contributed by atoms with van der Waals surface area (Å²) in [5.74, 6) is -0.593. The van der Waals surface area contributed by atoms with E-state index in [0.717, 1.165) is 0 Å². The van der Waals surface area contributed by atoms with Crippen molar-refractivity contribution in [2.75, 3.05) is 6.54 Å². The number of H-pyrrole nitrogens is 1. The summed E-state index contributed by atoms with van der Waals surface area (Å²) in [5.41, 5.74) is -0.424. The highest BCUT2D eigenvalue weighted by molar-refractivity contribution is 5.96. The molecule has 8 nitrogen and oxygen atoms in total. The zero-order valence-corrected chi connectivity index (χ0v) is 12.5. The summed E-state index contributed by atoms with van der Waals surface area (Å²) in [6, 6.07) is 5.46. The average Bonchev–Trinajstić information content (AvgIpc) is 2.89. The number of aryl methyl sites for hydroxylation is 1. The molecular formula is C14H15FN4O4. The van der Waals surface area contributed by atoms with E-state index in [1.807, 2.05) is 0 Å². The Balaban J connectivity index is 1.94. The number of nitro groups is 1. The Morgan fingerprint density at radius 2 is 2.13 bits per heavy atom. The third-order valence-electron chi connectivity index (χ3n) is 3.01. The lowest BCUT2D eigenvalue weighted by molar-refractivity contribution is -0.385. The highest BCUT2D eigenvalue weighted by Gasteiger charge is 2.27. The molecule has 122 valence electrons. The van der Waals surface area contributed by atoms with E-state index in [1.54, 1.807) is 6.92 Å². The molecule has 23 heavy (non-hydrogen) atoms. The summed E-state index contributed by atoms with van der Waals surface area (Å²) in [6.07, 6.45) is -0.413. The van der Waals surface area contributed by atoms with Gasteiger partial charge in [-0.1, -0.05) is 0 Å². The highest BCUT2D eigenvalue weighted by Crippen LogP contribution is 2.19. The van der Waals surface area contributed by atoms with Gasteiger partial charge in [0.1, 0.15) is 23.4 Å². The topological polar surface area (TPSA) is 110 Å². The van der Waals surface area contributed by atoms with Crippen LogP contribution < -0.4 is 10.1 Å². The van der Waals surface area contributed by atoms with Crippen LogP contribution in [0, 0.1) is 22.9 Å². The van der Waals surface area contributed by atoms with Gasteiger partial charge in [-0.3, -0.25) is 20.0 Å². The average molecular weight is 322 g/mol. The van der Waals surface area contributed by atoms with Gasteiger partial charge >= 0.3 is 5.69 Å². The number of aromatic nitrogens is 2. The molecule has 0 aliphatic carbocycles. The zero-order chi connectivity index (χ0) is 17.0. The molecule has 0 bridgehead atoms. The minimum atomic E-state index is -0.671. The lowest BCUT2D eigenvalue weighted by Crippen LogP contribution is -2.34. The number of nitrogens with one attached hydrogen (secondary N) is 2. The smallest absolute Gasteiger partial charge is 0.322 e. The van der Waals surface area contributed by atoms with Gasteiger partial charge in [0, 0.05) is 0 Å². The molecule has 0 aliphatic heterocycles. The fraction of sp³-hybridized carbons (Fsp3) is 0.286. The Bertz CT molecular complexity index is 714. The van der Waals surface area contributed by atoms with E-state index in [-0.39, 0.29) is 29.4 Å². The summed E-state index contributed by atoms with van der Waals surface area (Å²) in [5, 5.41) is 19.5. The number of amides is 1. The molecule has 0 aliphatic rings. The fourth-order valence-electron chi connectivity index (χ4n) is 1.91. The second-order valence-corrected chi connectivity index (χ2v) is 4.90. The van der Waals surface area contributed by atoms with Crippen molar-refractivity contribution >= 4 is 11.6 Å². The maximum absolute atomic E-state index is 12.8. The molecule has 2 rings (SSSR count). The van der Waals surface area contributed by atoms with Crippen molar-refractivity contribution in [2.45, 2.75) is 20.0 Å². The first-order valence-electron chi connectivity index (χ1n) is 6.78. The van der Waals surface area contributed by atoms with Crippen LogP contribution in [0.3, 0.4) is 0 Å². The van der Waals surface area contributed by atoms with Crippen LogP contribution >= 0.6 is 0 Å². The largest absolute Gasteiger partial charge is 0.489 e. The van der Waals surface area contributed by atoms with E-state index in [4.69, 9.17) is 4.74 Å². The maximum atomic E-state index is 12.8. The van der Waals surface area contributed by atoms with Crippen LogP contribution in [-0.2, 0) is 0 Å². The molecule has 2 N–H and O–H groups in total. The quantitative estimate of drug-likeness (QED) is 0.624. The van der Waals surface area contributed by atoms with Gasteiger partial charge in [-0.05, 0) is 38.1 Å². The van der Waals surface area contributed by atoms with Gasteiger partial charge in [-0.15, -0.1) is 0 Å². The lowest BCUT2D eigenvalue weighted by atomic mass is 10.3. The van der Waals surface area contributed by atoms with Crippen molar-refractivity contribution < 1.29 is 18.8 Å². The summed E-state index contributed by atoms with van der Waals surface area (Å²) in [7, 11) is 0. The molecule has 1 aromatic heterocycles. The Hall–Kier alpha value is -2.97. The van der Waals surface area contributed by atoms with Crippen molar-refractivity contribution in [1.29, 1.82) is 0 Å². The summed E-state index contributed by atoms with van der Waals surface area (Å²) >= 11 is 0. The van der Waals surface area contributed by atoms with Gasteiger partial charge < -0.3 is 10.1 Å². The standard InChI is InChI=1S/C14H15FN4O4/c1-8(23-11-5-3-10(15)4-6-11)7-16-14(20)12-13(19(21)22)9(2)17-18-12/h3-6,8H,7H2,1-2H3,(H,16,20)(H,17,18)/t8-/m0/s1. The minimum absolute atomic E-state index is 0.110. The summed E-state index contributed by atoms with van der Waals surface area (Å²) < 4.78 is 18.3. The number of nitrogens with zero attached hydrogens (tertiary/aromatic N) is 2. The van der Waals surface area contributed by atoms with Crippen LogP contribution in [-0.4, -0.2) is 33.7 Å². The molecule has 0 fully saturated rings. The second-order valence-electron chi connectivity index (χ2n) is 4.90. The van der Waals surface area contributed by atoms with Crippen molar-refractivity contribution in [2.24, 2.45) is 0 Å². The van der Waals surface area contributed by atoms with Gasteiger partial charge in [-0.25, -0.2) is 4.39 Å². The Morgan fingerprint density at radius 3 is 2.74 bits per heavy atom. The fourth-order valence-corrected chi connectivity index (χ4v) is 1.91.